The number of hydrogen-bond acceptors (Lipinski definition) is 10. The summed E-state index contributed by atoms with van der Waals surface area (Å²) < 4.78 is 35.0. The normalized spacial score (nSPS) is 27.6. The van der Waals surface area contributed by atoms with Gasteiger partial charge in [0.1, 0.15) is 18.3 Å². The molecule has 1 spiro atoms. The third-order valence-electron chi connectivity index (χ3n) is 7.58. The Labute approximate surface area is 226 Å². The smallest absolute Gasteiger partial charge is 0.340 e. The molecule has 3 aliphatic rings. The second-order valence-corrected chi connectivity index (χ2v) is 14.5. The Bertz CT molecular complexity index is 1530. The minimum Gasteiger partial charge on any atom is -0.387 e. The second-order valence-electron chi connectivity index (χ2n) is 10.2. The molecule has 0 radical (unpaired) electrons. The second kappa shape index (κ2) is 9.56. The zero-order chi connectivity index (χ0) is 27.7. The van der Waals surface area contributed by atoms with Gasteiger partial charge in [0, 0.05) is 17.6 Å². The van der Waals surface area contributed by atoms with E-state index in [9.17, 15) is 24.2 Å². The molecule has 210 valence electrons. The lowest BCUT2D eigenvalue weighted by Crippen LogP contribution is -2.38. The fourth-order valence-corrected chi connectivity index (χ4v) is 8.39. The number of hydrogen-bond donors (Lipinski definition) is 5. The number of nitrogens with zero attached hydrogens (tertiary/aromatic N) is 5. The summed E-state index contributed by atoms with van der Waals surface area (Å²) in [5.74, 6) is -0.897. The first-order valence-electron chi connectivity index (χ1n) is 12.2. The highest BCUT2D eigenvalue weighted by Crippen LogP contribution is 2.56. The summed E-state index contributed by atoms with van der Waals surface area (Å²) in [5, 5.41) is 21.2. The van der Waals surface area contributed by atoms with Gasteiger partial charge in [-0.1, -0.05) is 24.6 Å². The van der Waals surface area contributed by atoms with Crippen LogP contribution in [-0.2, 0) is 23.8 Å². The number of aliphatic hydroxyl groups excluding tert-OH is 2. The predicted molar refractivity (Wildman–Crippen MR) is 138 cm³/mol. The topological polar surface area (TPSA) is 201 Å². The minimum absolute atomic E-state index is 0.0386. The number of aliphatic hydroxyl groups is 2. The van der Waals surface area contributed by atoms with Crippen LogP contribution in [0.5, 0.6) is 0 Å². The third-order valence-corrected chi connectivity index (χ3v) is 11.2. The predicted octanol–water partition coefficient (Wildman–Crippen LogP) is 2.01. The molecule has 1 saturated heterocycles. The van der Waals surface area contributed by atoms with Crippen molar-refractivity contribution >= 4 is 49.5 Å². The number of anilines is 2. The molecule has 3 unspecified atom stereocenters. The highest BCUT2D eigenvalue weighted by atomic mass is 35.5. The van der Waals surface area contributed by atoms with Crippen LogP contribution in [0, 0.1) is 0 Å². The Morgan fingerprint density at radius 1 is 1.13 bits per heavy atom. The standard InChI is InChI=1S/C22H26ClN5O9P2/c23-21-25-18(27-9-22(6-3-7-22)12-4-1-2-5-13(12)27)15-19(26-21)28(10-24-15)20-17(30)16(29)14(37-20)8-36-39(34,35)11-38(31,32)33/h1-2,4-5,10,14,16-17,20,29-30H,3,6-9,11H2,(H,34,35)(H2,31,32,33)/t14-,16?,17?,20-/m1/s1. The number of imidazole rings is 1. The maximum Gasteiger partial charge on any atom is 0.340 e. The molecule has 14 nitrogen and oxygen atoms in total. The lowest BCUT2D eigenvalue weighted by molar-refractivity contribution is -0.0483. The van der Waals surface area contributed by atoms with Crippen LogP contribution >= 0.6 is 26.8 Å². The van der Waals surface area contributed by atoms with Crippen molar-refractivity contribution in [2.75, 3.05) is 24.0 Å². The number of aromatic nitrogens is 4. The van der Waals surface area contributed by atoms with E-state index in [-0.39, 0.29) is 16.3 Å². The molecule has 2 fully saturated rings. The van der Waals surface area contributed by atoms with Crippen molar-refractivity contribution in [3.63, 3.8) is 0 Å². The average Bonchev–Trinajstić information content (AvgIpc) is 3.48. The van der Waals surface area contributed by atoms with Crippen molar-refractivity contribution in [3.05, 3.63) is 41.4 Å². The van der Waals surface area contributed by atoms with E-state index < -0.39 is 52.2 Å². The lowest BCUT2D eigenvalue weighted by Gasteiger charge is -2.39. The molecule has 2 aromatic heterocycles. The first-order valence-corrected chi connectivity index (χ1v) is 16.1. The maximum absolute atomic E-state index is 12.0. The van der Waals surface area contributed by atoms with E-state index in [2.05, 4.69) is 25.9 Å². The van der Waals surface area contributed by atoms with Gasteiger partial charge in [0.2, 0.25) is 5.28 Å². The van der Waals surface area contributed by atoms with Crippen molar-refractivity contribution in [2.45, 2.75) is 49.2 Å². The number of para-hydroxylation sites is 1. The van der Waals surface area contributed by atoms with Crippen molar-refractivity contribution in [1.29, 1.82) is 0 Å². The Morgan fingerprint density at radius 2 is 1.87 bits per heavy atom. The van der Waals surface area contributed by atoms with Crippen LogP contribution in [0.3, 0.4) is 0 Å². The maximum atomic E-state index is 12.0. The van der Waals surface area contributed by atoms with Crippen LogP contribution in [0.4, 0.5) is 11.5 Å². The summed E-state index contributed by atoms with van der Waals surface area (Å²) in [6.45, 7) is 0.000919. The number of benzene rings is 1. The Hall–Kier alpha value is -1.96. The molecule has 6 rings (SSSR count). The molecular formula is C22H26ClN5O9P2. The van der Waals surface area contributed by atoms with Crippen LogP contribution in [0.15, 0.2) is 30.6 Å². The molecule has 5 atom stereocenters. The molecule has 0 amide bonds. The highest BCUT2D eigenvalue weighted by Gasteiger charge is 2.49. The monoisotopic (exact) mass is 601 g/mol. The average molecular weight is 602 g/mol. The molecule has 4 heterocycles. The van der Waals surface area contributed by atoms with Gasteiger partial charge < -0.3 is 39.1 Å². The zero-order valence-corrected chi connectivity index (χ0v) is 22.9. The van der Waals surface area contributed by atoms with Gasteiger partial charge in [-0.3, -0.25) is 13.7 Å². The Morgan fingerprint density at radius 3 is 2.56 bits per heavy atom. The van der Waals surface area contributed by atoms with E-state index in [4.69, 9.17) is 30.6 Å². The van der Waals surface area contributed by atoms with Gasteiger partial charge in [0.25, 0.3) is 0 Å². The molecule has 17 heteroatoms. The summed E-state index contributed by atoms with van der Waals surface area (Å²) in [5.41, 5.74) is 2.94. The molecule has 1 saturated carbocycles. The molecular weight excluding hydrogens is 576 g/mol. The minimum atomic E-state index is -4.83. The van der Waals surface area contributed by atoms with Gasteiger partial charge in [-0.05, 0) is 36.1 Å². The van der Waals surface area contributed by atoms with Gasteiger partial charge in [-0.2, -0.15) is 9.97 Å². The van der Waals surface area contributed by atoms with Gasteiger partial charge in [-0.15, -0.1) is 0 Å². The molecule has 1 aromatic carbocycles. The van der Waals surface area contributed by atoms with Crippen LogP contribution in [0.2, 0.25) is 5.28 Å². The van der Waals surface area contributed by atoms with E-state index in [1.54, 1.807) is 0 Å². The van der Waals surface area contributed by atoms with Crippen molar-refractivity contribution < 1.29 is 43.3 Å². The largest absolute Gasteiger partial charge is 0.387 e. The van der Waals surface area contributed by atoms with Crippen molar-refractivity contribution in [3.8, 4) is 0 Å². The molecule has 3 aromatic rings. The quantitative estimate of drug-likeness (QED) is 0.195. The van der Waals surface area contributed by atoms with Gasteiger partial charge in [-0.25, -0.2) is 4.98 Å². The summed E-state index contributed by atoms with van der Waals surface area (Å²) in [7, 11) is -9.53. The number of halogens is 1. The van der Waals surface area contributed by atoms with Crippen LogP contribution in [0.25, 0.3) is 11.2 Å². The lowest BCUT2D eigenvalue weighted by atomic mass is 9.66. The number of fused-ring (bicyclic) bond motifs is 3. The first kappa shape index (κ1) is 27.2. The molecule has 1 aliphatic carbocycles. The van der Waals surface area contributed by atoms with Crippen molar-refractivity contribution in [2.24, 2.45) is 0 Å². The van der Waals surface area contributed by atoms with E-state index in [0.29, 0.717) is 17.9 Å². The van der Waals surface area contributed by atoms with Crippen LogP contribution in [-0.4, -0.2) is 81.8 Å². The summed E-state index contributed by atoms with van der Waals surface area (Å²) in [4.78, 5) is 43.0. The summed E-state index contributed by atoms with van der Waals surface area (Å²) >= 11 is 6.34. The van der Waals surface area contributed by atoms with Crippen molar-refractivity contribution in [1.82, 2.24) is 19.5 Å². The van der Waals surface area contributed by atoms with Gasteiger partial charge in [0.15, 0.2) is 29.1 Å². The summed E-state index contributed by atoms with van der Waals surface area (Å²) in [6.07, 6.45) is -0.936. The number of rotatable bonds is 7. The fourth-order valence-electron chi connectivity index (χ4n) is 5.66. The van der Waals surface area contributed by atoms with Gasteiger partial charge in [0.05, 0.1) is 12.9 Å². The highest BCUT2D eigenvalue weighted by molar-refractivity contribution is 7.70. The molecule has 5 N–H and O–H groups in total. The fraction of sp³-hybridized carbons (Fsp3) is 0.500. The van der Waals surface area contributed by atoms with Gasteiger partial charge >= 0.3 is 15.2 Å². The van der Waals surface area contributed by atoms with Crippen LogP contribution < -0.4 is 4.90 Å². The number of ether oxygens (including phenoxy) is 1. The van der Waals surface area contributed by atoms with E-state index in [1.165, 1.54) is 16.5 Å². The first-order chi connectivity index (χ1) is 18.4. The molecule has 39 heavy (non-hydrogen) atoms. The molecule has 2 aliphatic heterocycles. The van der Waals surface area contributed by atoms with E-state index in [1.807, 2.05) is 18.2 Å². The summed E-state index contributed by atoms with van der Waals surface area (Å²) in [6, 6.07) is 8.13. The SMILES string of the molecule is O=P(O)(O)CP(=O)(O)OC[C@H]1O[C@@H](n2cnc3c(N4CC5(CCC5)c5ccccc54)nc(Cl)nc32)C(O)C1O. The Kier molecular flexibility index (Phi) is 6.67. The zero-order valence-electron chi connectivity index (χ0n) is 20.3. The van der Waals surface area contributed by atoms with Crippen LogP contribution in [0.1, 0.15) is 31.1 Å². The van der Waals surface area contributed by atoms with E-state index >= 15 is 0 Å². The molecule has 0 bridgehead atoms. The third kappa shape index (κ3) is 4.82. The van der Waals surface area contributed by atoms with E-state index in [0.717, 1.165) is 24.9 Å². The Balaban J connectivity index is 1.29.